The number of hydrogen-bond donors (Lipinski definition) is 1. The highest BCUT2D eigenvalue weighted by Crippen LogP contribution is 2.27. The topological polar surface area (TPSA) is 50.7 Å². The summed E-state index contributed by atoms with van der Waals surface area (Å²) in [6.07, 6.45) is 2.18. The summed E-state index contributed by atoms with van der Waals surface area (Å²) in [4.78, 5) is 0. The van der Waals surface area contributed by atoms with Crippen molar-refractivity contribution in [1.29, 1.82) is 0 Å². The second-order valence-corrected chi connectivity index (χ2v) is 3.01. The van der Waals surface area contributed by atoms with Crippen LogP contribution in [0.1, 0.15) is 11.1 Å². The molecule has 0 saturated carbocycles. The Morgan fingerprint density at radius 2 is 2.15 bits per heavy atom. The minimum atomic E-state index is 0.491. The second kappa shape index (κ2) is 3.11. The van der Waals surface area contributed by atoms with E-state index < -0.39 is 0 Å². The summed E-state index contributed by atoms with van der Waals surface area (Å²) in [6, 6.07) is 8.11. The average Bonchev–Trinajstić information content (AvgIpc) is 2.51. The van der Waals surface area contributed by atoms with Gasteiger partial charge in [-0.1, -0.05) is 29.8 Å². The Morgan fingerprint density at radius 3 is 2.77 bits per heavy atom. The predicted molar refractivity (Wildman–Crippen MR) is 51.4 cm³/mol. The van der Waals surface area contributed by atoms with Crippen LogP contribution in [0, 0.1) is 13.1 Å². The molecule has 0 amide bonds. The van der Waals surface area contributed by atoms with E-state index in [4.69, 9.17) is 5.73 Å². The van der Waals surface area contributed by atoms with Gasteiger partial charge in [0, 0.05) is 5.57 Å². The quantitative estimate of drug-likeness (QED) is 0.694. The fourth-order valence-electron chi connectivity index (χ4n) is 1.30. The van der Waals surface area contributed by atoms with Gasteiger partial charge in [0.1, 0.15) is 0 Å². The van der Waals surface area contributed by atoms with Gasteiger partial charge in [-0.2, -0.15) is 10.2 Å². The summed E-state index contributed by atoms with van der Waals surface area (Å²) in [7, 11) is 0. The van der Waals surface area contributed by atoms with Crippen molar-refractivity contribution < 1.29 is 0 Å². The molecule has 0 saturated heterocycles. The van der Waals surface area contributed by atoms with E-state index in [1.54, 1.807) is 6.20 Å². The highest BCUT2D eigenvalue weighted by molar-refractivity contribution is 5.76. The van der Waals surface area contributed by atoms with Crippen molar-refractivity contribution in [3.05, 3.63) is 47.8 Å². The smallest absolute Gasteiger partial charge is 0.202 e. The van der Waals surface area contributed by atoms with Crippen molar-refractivity contribution >= 4 is 5.57 Å². The van der Waals surface area contributed by atoms with Crippen LogP contribution < -0.4 is 5.73 Å². The molecular formula is C10H10N3. The number of azo groups is 1. The van der Waals surface area contributed by atoms with Gasteiger partial charge in [0.2, 0.25) is 6.17 Å². The van der Waals surface area contributed by atoms with Gasteiger partial charge in [-0.25, -0.2) is 0 Å². The summed E-state index contributed by atoms with van der Waals surface area (Å²) < 4.78 is 0. The van der Waals surface area contributed by atoms with E-state index in [1.165, 1.54) is 5.56 Å². The maximum atomic E-state index is 5.65. The molecule has 2 rings (SSSR count). The lowest BCUT2D eigenvalue weighted by atomic mass is 10.0. The first-order valence-electron chi connectivity index (χ1n) is 4.08. The van der Waals surface area contributed by atoms with Gasteiger partial charge in [-0.05, 0) is 12.5 Å². The molecule has 1 radical (unpaired) electrons. The summed E-state index contributed by atoms with van der Waals surface area (Å²) in [6.45, 7) is 2.05. The van der Waals surface area contributed by atoms with Crippen LogP contribution >= 0.6 is 0 Å². The van der Waals surface area contributed by atoms with Crippen LogP contribution in [-0.2, 0) is 0 Å². The van der Waals surface area contributed by atoms with Crippen LogP contribution in [0.5, 0.6) is 0 Å². The molecule has 1 aliphatic rings. The van der Waals surface area contributed by atoms with Crippen LogP contribution in [0.25, 0.3) is 5.57 Å². The lowest BCUT2D eigenvalue weighted by molar-refractivity contribution is 1.04. The molecule has 0 bridgehead atoms. The fraction of sp³-hybridized carbons (Fsp3) is 0.100. The molecule has 2 N–H and O–H groups in total. The van der Waals surface area contributed by atoms with Crippen LogP contribution in [0.15, 0.2) is 40.7 Å². The van der Waals surface area contributed by atoms with Gasteiger partial charge in [-0.15, -0.1) is 0 Å². The Labute approximate surface area is 77.0 Å². The fourth-order valence-corrected chi connectivity index (χ4v) is 1.30. The third-order valence-electron chi connectivity index (χ3n) is 1.96. The third kappa shape index (κ3) is 1.51. The molecule has 1 aliphatic heterocycles. The molecule has 3 heteroatoms. The zero-order valence-corrected chi connectivity index (χ0v) is 7.36. The Bertz CT molecular complexity index is 380. The van der Waals surface area contributed by atoms with Gasteiger partial charge in [0.25, 0.3) is 0 Å². The van der Waals surface area contributed by atoms with Crippen molar-refractivity contribution in [3.63, 3.8) is 0 Å². The molecule has 0 aliphatic carbocycles. The molecular weight excluding hydrogens is 162 g/mol. The van der Waals surface area contributed by atoms with Gasteiger partial charge in [0.05, 0.1) is 6.20 Å². The number of nitrogens with two attached hydrogens (primary N) is 1. The van der Waals surface area contributed by atoms with Gasteiger partial charge in [0.15, 0.2) is 0 Å². The van der Waals surface area contributed by atoms with Gasteiger partial charge in [-0.3, -0.25) is 5.73 Å². The van der Waals surface area contributed by atoms with Gasteiger partial charge < -0.3 is 0 Å². The summed E-state index contributed by atoms with van der Waals surface area (Å²) in [5.41, 5.74) is 8.83. The molecule has 0 unspecified atom stereocenters. The SMILES string of the molecule is Cc1cccc(C2=CN=N[C]2N)c1. The molecule has 1 aromatic rings. The molecule has 0 spiro atoms. The minimum Gasteiger partial charge on any atom is -0.298 e. The Hall–Kier alpha value is -1.48. The molecule has 1 heterocycles. The molecule has 13 heavy (non-hydrogen) atoms. The first kappa shape index (κ1) is 8.13. The summed E-state index contributed by atoms with van der Waals surface area (Å²) in [5.74, 6) is 0. The summed E-state index contributed by atoms with van der Waals surface area (Å²) >= 11 is 0. The first-order chi connectivity index (χ1) is 6.27. The second-order valence-electron chi connectivity index (χ2n) is 3.01. The van der Waals surface area contributed by atoms with Crippen molar-refractivity contribution in [2.45, 2.75) is 6.92 Å². The lowest BCUT2D eigenvalue weighted by Gasteiger charge is -2.04. The number of benzene rings is 1. The predicted octanol–water partition coefficient (Wildman–Crippen LogP) is 2.25. The molecule has 1 aromatic carbocycles. The number of rotatable bonds is 1. The van der Waals surface area contributed by atoms with Crippen molar-refractivity contribution in [3.8, 4) is 0 Å². The molecule has 0 fully saturated rings. The zero-order valence-electron chi connectivity index (χ0n) is 7.36. The molecule has 65 valence electrons. The van der Waals surface area contributed by atoms with Crippen LogP contribution in [-0.4, -0.2) is 0 Å². The standard InChI is InChI=1S/C10H10N3/c1-7-3-2-4-8(5-7)9-6-12-13-10(9)11/h2-6H,11H2,1H3. The van der Waals surface area contributed by atoms with Crippen LogP contribution in [0.3, 0.4) is 0 Å². The maximum Gasteiger partial charge on any atom is 0.202 e. The Morgan fingerprint density at radius 1 is 1.31 bits per heavy atom. The maximum absolute atomic E-state index is 5.65. The Kier molecular flexibility index (Phi) is 1.94. The molecule has 3 nitrogen and oxygen atoms in total. The van der Waals surface area contributed by atoms with Crippen molar-refractivity contribution in [2.24, 2.45) is 16.0 Å². The minimum absolute atomic E-state index is 0.491. The summed E-state index contributed by atoms with van der Waals surface area (Å²) in [5, 5.41) is 7.50. The van der Waals surface area contributed by atoms with Crippen molar-refractivity contribution in [2.75, 3.05) is 0 Å². The molecule has 0 aromatic heterocycles. The van der Waals surface area contributed by atoms with E-state index in [1.807, 2.05) is 25.1 Å². The number of hydrogen-bond acceptors (Lipinski definition) is 3. The van der Waals surface area contributed by atoms with Crippen LogP contribution in [0.4, 0.5) is 0 Å². The zero-order chi connectivity index (χ0) is 9.26. The third-order valence-corrected chi connectivity index (χ3v) is 1.96. The van der Waals surface area contributed by atoms with Crippen molar-refractivity contribution in [1.82, 2.24) is 0 Å². The normalized spacial score (nSPS) is 16.3. The van der Waals surface area contributed by atoms with E-state index in [-0.39, 0.29) is 0 Å². The van der Waals surface area contributed by atoms with E-state index in [2.05, 4.69) is 16.3 Å². The highest BCUT2D eigenvalue weighted by atomic mass is 15.2. The van der Waals surface area contributed by atoms with E-state index in [0.717, 1.165) is 11.1 Å². The Balaban J connectivity index is 2.37. The number of nitrogens with zero attached hydrogens (tertiary/aromatic N) is 2. The first-order valence-corrected chi connectivity index (χ1v) is 4.08. The van der Waals surface area contributed by atoms with E-state index in [9.17, 15) is 0 Å². The average molecular weight is 172 g/mol. The monoisotopic (exact) mass is 172 g/mol. The number of aryl methyl sites for hydroxylation is 1. The van der Waals surface area contributed by atoms with Crippen LogP contribution in [0.2, 0.25) is 0 Å². The largest absolute Gasteiger partial charge is 0.298 e. The lowest BCUT2D eigenvalue weighted by Crippen LogP contribution is -2.05. The van der Waals surface area contributed by atoms with Gasteiger partial charge >= 0.3 is 0 Å². The highest BCUT2D eigenvalue weighted by Gasteiger charge is 2.15. The van der Waals surface area contributed by atoms with E-state index in [0.29, 0.717) is 6.17 Å². The van der Waals surface area contributed by atoms with E-state index >= 15 is 0 Å². The molecule has 0 atom stereocenters.